The molecule has 0 radical (unpaired) electrons. The average molecular weight is 131 g/mol. The maximum absolute atomic E-state index is 5.43. The first kappa shape index (κ1) is 8.92. The van der Waals surface area contributed by atoms with Crippen molar-refractivity contribution in [2.45, 2.75) is 33.0 Å². The molecule has 56 valence electrons. The second-order valence-corrected chi connectivity index (χ2v) is 2.55. The van der Waals surface area contributed by atoms with E-state index >= 15 is 0 Å². The van der Waals surface area contributed by atoms with Crippen LogP contribution in [0.3, 0.4) is 0 Å². The molecule has 0 bridgehead atoms. The molecule has 0 spiro atoms. The lowest BCUT2D eigenvalue weighted by Crippen LogP contribution is -2.25. The quantitative estimate of drug-likeness (QED) is 0.615. The first-order valence-electron chi connectivity index (χ1n) is 3.47. The molecule has 2 heteroatoms. The highest BCUT2D eigenvalue weighted by Crippen LogP contribution is 1.94. The molecular formula is C7H17NO. The Labute approximate surface area is 57.6 Å². The highest BCUT2D eigenvalue weighted by Gasteiger charge is 2.01. The van der Waals surface area contributed by atoms with Crippen molar-refractivity contribution in [2.75, 3.05) is 13.6 Å². The minimum Gasteiger partial charge on any atom is -0.375 e. The molecule has 0 aromatic rings. The van der Waals surface area contributed by atoms with Gasteiger partial charge in [0, 0.05) is 6.54 Å². The maximum atomic E-state index is 5.43. The summed E-state index contributed by atoms with van der Waals surface area (Å²) in [6.07, 6.45) is 0.670. The van der Waals surface area contributed by atoms with E-state index in [1.165, 1.54) is 0 Å². The van der Waals surface area contributed by atoms with Crippen LogP contribution in [0.2, 0.25) is 0 Å². The number of hydrogen-bond donors (Lipinski definition) is 1. The van der Waals surface area contributed by atoms with Gasteiger partial charge in [-0.25, -0.2) is 0 Å². The first-order chi connectivity index (χ1) is 4.16. The van der Waals surface area contributed by atoms with Crippen LogP contribution in [-0.4, -0.2) is 25.8 Å². The molecule has 0 saturated carbocycles. The molecule has 0 unspecified atom stereocenters. The fourth-order valence-corrected chi connectivity index (χ4v) is 0.800. The van der Waals surface area contributed by atoms with Gasteiger partial charge in [0.1, 0.15) is 0 Å². The zero-order chi connectivity index (χ0) is 7.28. The summed E-state index contributed by atoms with van der Waals surface area (Å²) in [7, 11) is 1.93. The Morgan fingerprint density at radius 1 is 1.33 bits per heavy atom. The second kappa shape index (κ2) is 4.77. The molecule has 0 fully saturated rings. The van der Waals surface area contributed by atoms with Crippen molar-refractivity contribution in [1.29, 1.82) is 0 Å². The maximum Gasteiger partial charge on any atom is 0.0674 e. The van der Waals surface area contributed by atoms with Crippen molar-refractivity contribution in [3.63, 3.8) is 0 Å². The molecule has 0 saturated heterocycles. The van der Waals surface area contributed by atoms with Gasteiger partial charge in [-0.1, -0.05) is 0 Å². The molecule has 9 heavy (non-hydrogen) atoms. The normalized spacial score (nSPS) is 14.3. The van der Waals surface area contributed by atoms with E-state index in [4.69, 9.17) is 4.74 Å². The summed E-state index contributed by atoms with van der Waals surface area (Å²) in [5.74, 6) is 0. The molecule has 0 aromatic carbocycles. The van der Waals surface area contributed by atoms with Gasteiger partial charge in [-0.15, -0.1) is 0 Å². The molecular weight excluding hydrogens is 114 g/mol. The van der Waals surface area contributed by atoms with Crippen molar-refractivity contribution < 1.29 is 4.74 Å². The van der Waals surface area contributed by atoms with Crippen molar-refractivity contribution in [1.82, 2.24) is 5.32 Å². The van der Waals surface area contributed by atoms with Crippen LogP contribution < -0.4 is 5.32 Å². The molecule has 0 aliphatic heterocycles. The van der Waals surface area contributed by atoms with Crippen LogP contribution in [0, 0.1) is 0 Å². The van der Waals surface area contributed by atoms with Crippen molar-refractivity contribution in [3.05, 3.63) is 0 Å². The standard InChI is InChI=1S/C7H17NO/c1-6(2)9-7(3)5-8-4/h6-8H,5H2,1-4H3/t7-/m0/s1. The van der Waals surface area contributed by atoms with Gasteiger partial charge < -0.3 is 10.1 Å². The van der Waals surface area contributed by atoms with E-state index in [1.807, 2.05) is 20.9 Å². The van der Waals surface area contributed by atoms with Crippen LogP contribution in [0.15, 0.2) is 0 Å². The molecule has 0 rings (SSSR count). The summed E-state index contributed by atoms with van der Waals surface area (Å²) in [5, 5.41) is 3.05. The second-order valence-electron chi connectivity index (χ2n) is 2.55. The number of hydrogen-bond acceptors (Lipinski definition) is 2. The van der Waals surface area contributed by atoms with E-state index < -0.39 is 0 Å². The van der Waals surface area contributed by atoms with Crippen molar-refractivity contribution >= 4 is 0 Å². The van der Waals surface area contributed by atoms with Gasteiger partial charge >= 0.3 is 0 Å². The Kier molecular flexibility index (Phi) is 4.72. The van der Waals surface area contributed by atoms with E-state index in [1.54, 1.807) is 0 Å². The Hall–Kier alpha value is -0.0800. The predicted octanol–water partition coefficient (Wildman–Crippen LogP) is 1.02. The third-order valence-electron chi connectivity index (χ3n) is 0.996. The van der Waals surface area contributed by atoms with Gasteiger partial charge in [-0.05, 0) is 27.8 Å². The Morgan fingerprint density at radius 3 is 2.22 bits per heavy atom. The Morgan fingerprint density at radius 2 is 1.89 bits per heavy atom. The molecule has 1 atom stereocenters. The van der Waals surface area contributed by atoms with Crippen LogP contribution in [0.25, 0.3) is 0 Å². The third kappa shape index (κ3) is 5.80. The molecule has 0 heterocycles. The molecule has 0 aromatic heterocycles. The lowest BCUT2D eigenvalue weighted by molar-refractivity contribution is 0.0206. The first-order valence-corrected chi connectivity index (χ1v) is 3.47. The van der Waals surface area contributed by atoms with Gasteiger partial charge in [-0.2, -0.15) is 0 Å². The van der Waals surface area contributed by atoms with Crippen LogP contribution >= 0.6 is 0 Å². The summed E-state index contributed by atoms with van der Waals surface area (Å²) >= 11 is 0. The number of ether oxygens (including phenoxy) is 1. The average Bonchev–Trinajstić information content (AvgIpc) is 1.63. The third-order valence-corrected chi connectivity index (χ3v) is 0.996. The fourth-order valence-electron chi connectivity index (χ4n) is 0.800. The number of likely N-dealkylation sites (N-methyl/N-ethyl adjacent to an activating group) is 1. The van der Waals surface area contributed by atoms with E-state index in [9.17, 15) is 0 Å². The minimum atomic E-state index is 0.329. The lowest BCUT2D eigenvalue weighted by Gasteiger charge is -2.14. The van der Waals surface area contributed by atoms with E-state index in [0.717, 1.165) is 6.54 Å². The largest absolute Gasteiger partial charge is 0.375 e. The number of nitrogens with one attached hydrogen (secondary N) is 1. The van der Waals surface area contributed by atoms with Crippen molar-refractivity contribution in [2.24, 2.45) is 0 Å². The Balaban J connectivity index is 3.15. The van der Waals surface area contributed by atoms with Crippen LogP contribution in [-0.2, 0) is 4.74 Å². The molecule has 1 N–H and O–H groups in total. The predicted molar refractivity (Wildman–Crippen MR) is 39.6 cm³/mol. The molecule has 0 aliphatic rings. The summed E-state index contributed by atoms with van der Waals surface area (Å²) in [6, 6.07) is 0. The summed E-state index contributed by atoms with van der Waals surface area (Å²) in [5.41, 5.74) is 0. The van der Waals surface area contributed by atoms with Crippen molar-refractivity contribution in [3.8, 4) is 0 Å². The van der Waals surface area contributed by atoms with E-state index in [-0.39, 0.29) is 0 Å². The fraction of sp³-hybridized carbons (Fsp3) is 1.00. The highest BCUT2D eigenvalue weighted by molar-refractivity contribution is 4.52. The monoisotopic (exact) mass is 131 g/mol. The molecule has 0 amide bonds. The summed E-state index contributed by atoms with van der Waals surface area (Å²) in [6.45, 7) is 7.09. The minimum absolute atomic E-state index is 0.329. The zero-order valence-corrected chi connectivity index (χ0v) is 6.77. The van der Waals surface area contributed by atoms with Gasteiger partial charge in [0.05, 0.1) is 12.2 Å². The van der Waals surface area contributed by atoms with Gasteiger partial charge in [0.25, 0.3) is 0 Å². The van der Waals surface area contributed by atoms with Gasteiger partial charge in [-0.3, -0.25) is 0 Å². The smallest absolute Gasteiger partial charge is 0.0674 e. The zero-order valence-electron chi connectivity index (χ0n) is 6.77. The molecule has 0 aliphatic carbocycles. The SMILES string of the molecule is CNC[C@H](C)OC(C)C. The summed E-state index contributed by atoms with van der Waals surface area (Å²) < 4.78 is 5.43. The summed E-state index contributed by atoms with van der Waals surface area (Å²) in [4.78, 5) is 0. The highest BCUT2D eigenvalue weighted by atomic mass is 16.5. The van der Waals surface area contributed by atoms with Crippen LogP contribution in [0.1, 0.15) is 20.8 Å². The Bertz CT molecular complexity index is 63.9. The van der Waals surface area contributed by atoms with Crippen LogP contribution in [0.4, 0.5) is 0 Å². The van der Waals surface area contributed by atoms with Gasteiger partial charge in [0.15, 0.2) is 0 Å². The topological polar surface area (TPSA) is 21.3 Å². The number of rotatable bonds is 4. The molecule has 2 nitrogen and oxygen atoms in total. The van der Waals surface area contributed by atoms with Gasteiger partial charge in [0.2, 0.25) is 0 Å². The van der Waals surface area contributed by atoms with E-state index in [0.29, 0.717) is 12.2 Å². The van der Waals surface area contributed by atoms with Crippen LogP contribution in [0.5, 0.6) is 0 Å². The van der Waals surface area contributed by atoms with E-state index in [2.05, 4.69) is 12.2 Å². The lowest BCUT2D eigenvalue weighted by atomic mass is 10.4.